The van der Waals surface area contributed by atoms with Crippen LogP contribution >= 0.6 is 0 Å². The standard InChI is InChI=1S/C18H16N4O4/c1-2-12-3-5-13(6-4-12)11-16-20-21-18(26-16)19-17(23)14-7-9-15(10-8-14)22(24)25/h3-10H,2,11H2,1H3,(H,19,21,23). The van der Waals surface area contributed by atoms with E-state index in [1.807, 2.05) is 24.3 Å². The fraction of sp³-hybridized carbons (Fsp3) is 0.167. The van der Waals surface area contributed by atoms with Gasteiger partial charge in [0, 0.05) is 17.7 Å². The molecule has 0 fully saturated rings. The van der Waals surface area contributed by atoms with E-state index in [0.717, 1.165) is 12.0 Å². The molecule has 0 spiro atoms. The van der Waals surface area contributed by atoms with Crippen LogP contribution in [-0.2, 0) is 12.8 Å². The van der Waals surface area contributed by atoms with Gasteiger partial charge in [-0.15, -0.1) is 5.10 Å². The van der Waals surface area contributed by atoms with Gasteiger partial charge in [-0.05, 0) is 29.7 Å². The van der Waals surface area contributed by atoms with E-state index >= 15 is 0 Å². The zero-order valence-corrected chi connectivity index (χ0v) is 14.0. The van der Waals surface area contributed by atoms with E-state index in [1.54, 1.807) is 0 Å². The molecule has 2 aromatic carbocycles. The number of nitrogens with one attached hydrogen (secondary N) is 1. The highest BCUT2D eigenvalue weighted by Crippen LogP contribution is 2.15. The van der Waals surface area contributed by atoms with Gasteiger partial charge < -0.3 is 4.42 Å². The molecule has 0 saturated carbocycles. The number of rotatable bonds is 6. The van der Waals surface area contributed by atoms with Crippen LogP contribution in [0, 0.1) is 10.1 Å². The Hall–Kier alpha value is -3.55. The Bertz CT molecular complexity index is 917. The second-order valence-corrected chi connectivity index (χ2v) is 5.61. The minimum absolute atomic E-state index is 0.0199. The number of nitro groups is 1. The highest BCUT2D eigenvalue weighted by Gasteiger charge is 2.13. The molecule has 1 amide bonds. The zero-order chi connectivity index (χ0) is 18.5. The van der Waals surface area contributed by atoms with Crippen LogP contribution in [0.25, 0.3) is 0 Å². The Balaban J connectivity index is 1.63. The molecule has 0 aliphatic heterocycles. The first-order chi connectivity index (χ1) is 12.5. The Morgan fingerprint density at radius 2 is 1.73 bits per heavy atom. The summed E-state index contributed by atoms with van der Waals surface area (Å²) >= 11 is 0. The van der Waals surface area contributed by atoms with Crippen LogP contribution in [-0.4, -0.2) is 21.0 Å². The minimum Gasteiger partial charge on any atom is -0.407 e. The first-order valence-electron chi connectivity index (χ1n) is 8.01. The molecular formula is C18H16N4O4. The van der Waals surface area contributed by atoms with Crippen molar-refractivity contribution in [3.63, 3.8) is 0 Å². The van der Waals surface area contributed by atoms with Gasteiger partial charge in [0.05, 0.1) is 11.3 Å². The number of hydrogen-bond donors (Lipinski definition) is 1. The SMILES string of the molecule is CCc1ccc(Cc2nnc(NC(=O)c3ccc([N+](=O)[O-])cc3)o2)cc1. The van der Waals surface area contributed by atoms with Crippen LogP contribution in [0.2, 0.25) is 0 Å². The summed E-state index contributed by atoms with van der Waals surface area (Å²) in [5, 5.41) is 20.8. The lowest BCUT2D eigenvalue weighted by atomic mass is 10.1. The van der Waals surface area contributed by atoms with Crippen molar-refractivity contribution in [2.75, 3.05) is 5.32 Å². The van der Waals surface area contributed by atoms with Crippen LogP contribution in [0.1, 0.15) is 34.3 Å². The summed E-state index contributed by atoms with van der Waals surface area (Å²) in [6.45, 7) is 2.09. The van der Waals surface area contributed by atoms with E-state index in [9.17, 15) is 14.9 Å². The quantitative estimate of drug-likeness (QED) is 0.538. The van der Waals surface area contributed by atoms with E-state index < -0.39 is 10.8 Å². The van der Waals surface area contributed by atoms with Crippen LogP contribution < -0.4 is 5.32 Å². The second-order valence-electron chi connectivity index (χ2n) is 5.61. The lowest BCUT2D eigenvalue weighted by molar-refractivity contribution is -0.384. The highest BCUT2D eigenvalue weighted by molar-refractivity contribution is 6.03. The average molecular weight is 352 g/mol. The number of nitro benzene ring substituents is 1. The number of carbonyl (C=O) groups excluding carboxylic acids is 1. The maximum Gasteiger partial charge on any atom is 0.322 e. The first kappa shape index (κ1) is 17.3. The molecule has 0 saturated heterocycles. The largest absolute Gasteiger partial charge is 0.407 e. The maximum atomic E-state index is 12.1. The average Bonchev–Trinajstić information content (AvgIpc) is 3.09. The van der Waals surface area contributed by atoms with Gasteiger partial charge in [-0.25, -0.2) is 0 Å². The lowest BCUT2D eigenvalue weighted by Crippen LogP contribution is -2.12. The summed E-state index contributed by atoms with van der Waals surface area (Å²) in [7, 11) is 0. The minimum atomic E-state index is -0.529. The topological polar surface area (TPSA) is 111 Å². The molecular weight excluding hydrogens is 336 g/mol. The normalized spacial score (nSPS) is 10.5. The van der Waals surface area contributed by atoms with E-state index in [4.69, 9.17) is 4.42 Å². The number of carbonyl (C=O) groups is 1. The number of aryl methyl sites for hydroxylation is 1. The summed E-state index contributed by atoms with van der Waals surface area (Å²) in [4.78, 5) is 22.2. The molecule has 3 aromatic rings. The van der Waals surface area contributed by atoms with Crippen molar-refractivity contribution >= 4 is 17.6 Å². The van der Waals surface area contributed by atoms with Crippen LogP contribution in [0.5, 0.6) is 0 Å². The third kappa shape index (κ3) is 4.10. The van der Waals surface area contributed by atoms with E-state index in [-0.39, 0.29) is 17.3 Å². The molecule has 0 aliphatic rings. The maximum absolute atomic E-state index is 12.1. The van der Waals surface area contributed by atoms with Gasteiger partial charge in [0.25, 0.3) is 11.6 Å². The third-order valence-corrected chi connectivity index (χ3v) is 3.81. The van der Waals surface area contributed by atoms with Gasteiger partial charge in [0.15, 0.2) is 0 Å². The van der Waals surface area contributed by atoms with Gasteiger partial charge in [-0.3, -0.25) is 20.2 Å². The van der Waals surface area contributed by atoms with Crippen molar-refractivity contribution in [1.29, 1.82) is 0 Å². The predicted molar refractivity (Wildman–Crippen MR) is 94.0 cm³/mol. The molecule has 1 heterocycles. The van der Waals surface area contributed by atoms with Gasteiger partial charge in [0.2, 0.25) is 5.89 Å². The Kier molecular flexibility index (Phi) is 5.02. The predicted octanol–water partition coefficient (Wildman–Crippen LogP) is 3.38. The van der Waals surface area contributed by atoms with Crippen molar-refractivity contribution in [1.82, 2.24) is 10.2 Å². The summed E-state index contributed by atoms with van der Waals surface area (Å²) in [6.07, 6.45) is 1.43. The third-order valence-electron chi connectivity index (χ3n) is 3.81. The molecule has 132 valence electrons. The number of benzene rings is 2. The molecule has 8 heteroatoms. The van der Waals surface area contributed by atoms with Crippen molar-refractivity contribution in [2.24, 2.45) is 0 Å². The Morgan fingerprint density at radius 1 is 1.08 bits per heavy atom. The van der Waals surface area contributed by atoms with Gasteiger partial charge >= 0.3 is 6.01 Å². The Labute approximate surface area is 149 Å². The van der Waals surface area contributed by atoms with Crippen molar-refractivity contribution in [3.8, 4) is 0 Å². The smallest absolute Gasteiger partial charge is 0.322 e. The molecule has 0 unspecified atom stereocenters. The van der Waals surface area contributed by atoms with Crippen LogP contribution in [0.4, 0.5) is 11.7 Å². The number of nitrogens with zero attached hydrogens (tertiary/aromatic N) is 3. The molecule has 0 bridgehead atoms. The van der Waals surface area contributed by atoms with Crippen LogP contribution in [0.15, 0.2) is 52.9 Å². The zero-order valence-electron chi connectivity index (χ0n) is 14.0. The number of hydrogen-bond acceptors (Lipinski definition) is 6. The van der Waals surface area contributed by atoms with Crippen LogP contribution in [0.3, 0.4) is 0 Å². The second kappa shape index (κ2) is 7.56. The molecule has 1 N–H and O–H groups in total. The summed E-state index contributed by atoms with van der Waals surface area (Å²) in [5.41, 5.74) is 2.44. The first-order valence-corrected chi connectivity index (χ1v) is 8.01. The highest BCUT2D eigenvalue weighted by atomic mass is 16.6. The Morgan fingerprint density at radius 3 is 2.35 bits per heavy atom. The molecule has 26 heavy (non-hydrogen) atoms. The molecule has 8 nitrogen and oxygen atoms in total. The number of non-ortho nitro benzene ring substituents is 1. The summed E-state index contributed by atoms with van der Waals surface area (Å²) in [5.74, 6) is -0.101. The van der Waals surface area contributed by atoms with Crippen molar-refractivity contribution in [3.05, 3.63) is 81.2 Å². The fourth-order valence-electron chi connectivity index (χ4n) is 2.35. The van der Waals surface area contributed by atoms with Crippen molar-refractivity contribution < 1.29 is 14.1 Å². The lowest BCUT2D eigenvalue weighted by Gasteiger charge is -2.01. The molecule has 0 aliphatic carbocycles. The van der Waals surface area contributed by atoms with Gasteiger partial charge in [0.1, 0.15) is 0 Å². The monoisotopic (exact) mass is 352 g/mol. The molecule has 3 rings (SSSR count). The summed E-state index contributed by atoms with van der Waals surface area (Å²) < 4.78 is 5.44. The number of amides is 1. The summed E-state index contributed by atoms with van der Waals surface area (Å²) in [6, 6.07) is 13.3. The number of anilines is 1. The molecule has 1 aromatic heterocycles. The number of aromatic nitrogens is 2. The molecule has 0 radical (unpaired) electrons. The fourth-order valence-corrected chi connectivity index (χ4v) is 2.35. The van der Waals surface area contributed by atoms with Gasteiger partial charge in [-0.1, -0.05) is 36.3 Å². The molecule has 0 atom stereocenters. The van der Waals surface area contributed by atoms with E-state index in [0.29, 0.717) is 12.3 Å². The van der Waals surface area contributed by atoms with Crippen molar-refractivity contribution in [2.45, 2.75) is 19.8 Å². The van der Waals surface area contributed by atoms with Gasteiger partial charge in [-0.2, -0.15) is 0 Å². The van der Waals surface area contributed by atoms with E-state index in [2.05, 4.69) is 22.4 Å². The van der Waals surface area contributed by atoms with E-state index in [1.165, 1.54) is 29.8 Å².